The van der Waals surface area contributed by atoms with E-state index in [9.17, 15) is 0 Å². The zero-order valence-electron chi connectivity index (χ0n) is 14.8. The van der Waals surface area contributed by atoms with Gasteiger partial charge in [0, 0.05) is 12.1 Å². The molecular weight excluding hydrogens is 348 g/mol. The Labute approximate surface area is 158 Å². The summed E-state index contributed by atoms with van der Waals surface area (Å²) in [5.74, 6) is 0.655. The van der Waals surface area contributed by atoms with Crippen molar-refractivity contribution in [2.24, 2.45) is 0 Å². The first-order valence-electron chi connectivity index (χ1n) is 8.33. The topological polar surface area (TPSA) is 42.7 Å². The van der Waals surface area contributed by atoms with Crippen LogP contribution in [0.3, 0.4) is 0 Å². The van der Waals surface area contributed by atoms with Crippen molar-refractivity contribution >= 4 is 29.0 Å². The van der Waals surface area contributed by atoms with Gasteiger partial charge in [-0.2, -0.15) is 10.1 Å². The normalized spacial score (nSPS) is 11.0. The van der Waals surface area contributed by atoms with Gasteiger partial charge in [0.1, 0.15) is 6.61 Å². The molecule has 4 rings (SSSR count). The number of hydrogen-bond donors (Lipinski definition) is 0. The summed E-state index contributed by atoms with van der Waals surface area (Å²) >= 11 is 0. The van der Waals surface area contributed by atoms with E-state index in [-0.39, 0.29) is 12.4 Å². The van der Waals surface area contributed by atoms with Gasteiger partial charge in [0.15, 0.2) is 5.65 Å². The summed E-state index contributed by atoms with van der Waals surface area (Å²) in [6.45, 7) is 1.43. The second kappa shape index (κ2) is 7.72. The molecule has 0 unspecified atom stereocenters. The highest BCUT2D eigenvalue weighted by Crippen LogP contribution is 2.30. The predicted octanol–water partition coefficient (Wildman–Crippen LogP) is 3.91. The molecule has 2 heterocycles. The molecule has 0 fully saturated rings. The van der Waals surface area contributed by atoms with Crippen molar-refractivity contribution in [2.75, 3.05) is 27.2 Å². The third kappa shape index (κ3) is 3.36. The molecule has 0 aliphatic heterocycles. The van der Waals surface area contributed by atoms with E-state index in [4.69, 9.17) is 9.72 Å². The molecule has 0 radical (unpaired) electrons. The molecule has 0 bridgehead atoms. The van der Waals surface area contributed by atoms with Crippen molar-refractivity contribution in [2.45, 2.75) is 0 Å². The first kappa shape index (κ1) is 18.2. The molecule has 0 atom stereocenters. The first-order valence-corrected chi connectivity index (χ1v) is 8.33. The van der Waals surface area contributed by atoms with Crippen LogP contribution in [0.2, 0.25) is 0 Å². The van der Waals surface area contributed by atoms with E-state index in [1.54, 1.807) is 0 Å². The summed E-state index contributed by atoms with van der Waals surface area (Å²) in [5.41, 5.74) is 3.91. The van der Waals surface area contributed by atoms with Crippen LogP contribution >= 0.6 is 12.4 Å². The van der Waals surface area contributed by atoms with Gasteiger partial charge in [0.2, 0.25) is 5.88 Å². The van der Waals surface area contributed by atoms with Gasteiger partial charge in [0.25, 0.3) is 0 Å². The van der Waals surface area contributed by atoms with E-state index in [2.05, 4.69) is 22.1 Å². The Morgan fingerprint density at radius 3 is 2.50 bits per heavy atom. The molecule has 0 saturated heterocycles. The average Bonchev–Trinajstić information content (AvgIpc) is 3.06. The van der Waals surface area contributed by atoms with Crippen LogP contribution in [-0.4, -0.2) is 46.7 Å². The second-order valence-electron chi connectivity index (χ2n) is 6.25. The molecule has 0 saturated carbocycles. The molecule has 6 heteroatoms. The van der Waals surface area contributed by atoms with Crippen LogP contribution in [0.15, 0.2) is 60.8 Å². The van der Waals surface area contributed by atoms with Gasteiger partial charge in [-0.25, -0.2) is 4.52 Å². The molecule has 5 nitrogen and oxygen atoms in total. The van der Waals surface area contributed by atoms with Crippen molar-refractivity contribution in [1.82, 2.24) is 19.5 Å². The van der Waals surface area contributed by atoms with Crippen LogP contribution in [0.1, 0.15) is 0 Å². The fourth-order valence-electron chi connectivity index (χ4n) is 2.88. The number of likely N-dealkylation sites (N-methyl/N-ethyl adjacent to an activating group) is 1. The maximum atomic E-state index is 6.00. The summed E-state index contributed by atoms with van der Waals surface area (Å²) in [4.78, 5) is 6.89. The number of fused-ring (bicyclic) bond motifs is 3. The monoisotopic (exact) mass is 368 g/mol. The Morgan fingerprint density at radius 1 is 1.00 bits per heavy atom. The Hall–Kier alpha value is -2.63. The highest BCUT2D eigenvalue weighted by molar-refractivity contribution is 5.89. The Balaban J connectivity index is 0.00000196. The Bertz CT molecular complexity index is 1010. The van der Waals surface area contributed by atoms with Gasteiger partial charge in [-0.3, -0.25) is 0 Å². The number of benzene rings is 2. The van der Waals surface area contributed by atoms with Crippen molar-refractivity contribution in [3.63, 3.8) is 0 Å². The number of hydrogen-bond acceptors (Lipinski definition) is 4. The van der Waals surface area contributed by atoms with Crippen molar-refractivity contribution < 1.29 is 4.74 Å². The number of aromatic nitrogens is 3. The van der Waals surface area contributed by atoms with Gasteiger partial charge in [0.05, 0.1) is 17.1 Å². The second-order valence-corrected chi connectivity index (χ2v) is 6.25. The van der Waals surface area contributed by atoms with Gasteiger partial charge in [-0.05, 0) is 31.8 Å². The lowest BCUT2D eigenvalue weighted by Gasteiger charge is -2.13. The lowest BCUT2D eigenvalue weighted by atomic mass is 10.1. The third-order valence-corrected chi connectivity index (χ3v) is 4.18. The Morgan fingerprint density at radius 2 is 1.73 bits per heavy atom. The average molecular weight is 369 g/mol. The van der Waals surface area contributed by atoms with E-state index in [1.807, 2.05) is 67.3 Å². The van der Waals surface area contributed by atoms with Crippen molar-refractivity contribution in [1.29, 1.82) is 0 Å². The smallest absolute Gasteiger partial charge is 0.225 e. The highest BCUT2D eigenvalue weighted by atomic mass is 35.5. The molecule has 134 valence electrons. The minimum absolute atomic E-state index is 0. The van der Waals surface area contributed by atoms with Gasteiger partial charge in [-0.15, -0.1) is 12.4 Å². The van der Waals surface area contributed by atoms with E-state index < -0.39 is 0 Å². The molecule has 26 heavy (non-hydrogen) atoms. The van der Waals surface area contributed by atoms with E-state index >= 15 is 0 Å². The standard InChI is InChI=1S/C20H20N4O.ClH/c1-23(2)12-13-25-20-16-10-6-7-11-18(16)24-19(22-20)17(14-21-24)15-8-4-3-5-9-15;/h3-11,14H,12-13H2,1-2H3;1H. The number of rotatable bonds is 5. The van der Waals surface area contributed by atoms with E-state index in [1.165, 1.54) is 0 Å². The molecular formula is C20H21ClN4O. The minimum atomic E-state index is 0. The van der Waals surface area contributed by atoms with Crippen LogP contribution in [0.25, 0.3) is 27.7 Å². The van der Waals surface area contributed by atoms with E-state index in [0.29, 0.717) is 12.5 Å². The lowest BCUT2D eigenvalue weighted by molar-refractivity contribution is 0.257. The summed E-state index contributed by atoms with van der Waals surface area (Å²) < 4.78 is 7.89. The molecule has 4 aromatic rings. The first-order chi connectivity index (χ1) is 12.2. The number of nitrogens with zero attached hydrogens (tertiary/aromatic N) is 4. The van der Waals surface area contributed by atoms with Gasteiger partial charge >= 0.3 is 0 Å². The minimum Gasteiger partial charge on any atom is -0.476 e. The van der Waals surface area contributed by atoms with E-state index in [0.717, 1.165) is 34.2 Å². The highest BCUT2D eigenvalue weighted by Gasteiger charge is 2.14. The fourth-order valence-corrected chi connectivity index (χ4v) is 2.88. The van der Waals surface area contributed by atoms with Crippen LogP contribution in [0.5, 0.6) is 5.88 Å². The molecule has 0 N–H and O–H groups in total. The molecule has 0 spiro atoms. The predicted molar refractivity (Wildman–Crippen MR) is 107 cm³/mol. The van der Waals surface area contributed by atoms with Crippen LogP contribution in [0.4, 0.5) is 0 Å². The SMILES string of the molecule is CN(C)CCOc1nc2c(-c3ccccc3)cnn2c2ccccc12.Cl. The molecule has 0 aliphatic carbocycles. The molecule has 0 aliphatic rings. The summed E-state index contributed by atoms with van der Waals surface area (Å²) in [7, 11) is 4.06. The fraction of sp³-hybridized carbons (Fsp3) is 0.200. The summed E-state index contributed by atoms with van der Waals surface area (Å²) in [6.07, 6.45) is 1.87. The van der Waals surface area contributed by atoms with Gasteiger partial charge in [-0.1, -0.05) is 42.5 Å². The largest absolute Gasteiger partial charge is 0.476 e. The van der Waals surface area contributed by atoms with Crippen LogP contribution < -0.4 is 4.74 Å². The molecule has 2 aromatic heterocycles. The number of para-hydroxylation sites is 1. The lowest BCUT2D eigenvalue weighted by Crippen LogP contribution is -2.19. The maximum Gasteiger partial charge on any atom is 0.225 e. The summed E-state index contributed by atoms with van der Waals surface area (Å²) in [6, 6.07) is 18.3. The molecule has 2 aromatic carbocycles. The third-order valence-electron chi connectivity index (χ3n) is 4.18. The zero-order valence-corrected chi connectivity index (χ0v) is 15.6. The number of halogens is 1. The summed E-state index contributed by atoms with van der Waals surface area (Å²) in [5, 5.41) is 5.53. The van der Waals surface area contributed by atoms with Crippen LogP contribution in [-0.2, 0) is 0 Å². The quantitative estimate of drug-likeness (QED) is 0.535. The Kier molecular flexibility index (Phi) is 5.40. The zero-order chi connectivity index (χ0) is 17.2. The number of ether oxygens (including phenoxy) is 1. The van der Waals surface area contributed by atoms with Crippen molar-refractivity contribution in [3.05, 3.63) is 60.8 Å². The van der Waals surface area contributed by atoms with Crippen LogP contribution in [0, 0.1) is 0 Å². The van der Waals surface area contributed by atoms with Gasteiger partial charge < -0.3 is 9.64 Å². The molecule has 0 amide bonds. The van der Waals surface area contributed by atoms with Crippen molar-refractivity contribution in [3.8, 4) is 17.0 Å². The maximum absolute atomic E-state index is 6.00.